The van der Waals surface area contributed by atoms with Crippen molar-refractivity contribution in [3.63, 3.8) is 0 Å². The van der Waals surface area contributed by atoms with Crippen molar-refractivity contribution in [3.8, 4) is 16.9 Å². The lowest BCUT2D eigenvalue weighted by Gasteiger charge is -2.09. The van der Waals surface area contributed by atoms with Crippen LogP contribution in [0, 0.1) is 0 Å². The average Bonchev–Trinajstić information content (AvgIpc) is 3.24. The highest BCUT2D eigenvalue weighted by Gasteiger charge is 2.13. The number of aromatic amines is 1. The number of carbonyl (C=O) groups is 1. The minimum Gasteiger partial charge on any atom is -0.312 e. The van der Waals surface area contributed by atoms with Crippen LogP contribution < -0.4 is 5.69 Å². The fourth-order valence-corrected chi connectivity index (χ4v) is 3.95. The van der Waals surface area contributed by atoms with Gasteiger partial charge in [0.15, 0.2) is 5.78 Å². The van der Waals surface area contributed by atoms with Gasteiger partial charge in [0.05, 0.1) is 11.4 Å². The summed E-state index contributed by atoms with van der Waals surface area (Å²) in [7, 11) is 0. The van der Waals surface area contributed by atoms with Crippen LogP contribution in [0.15, 0.2) is 108 Å². The van der Waals surface area contributed by atoms with Gasteiger partial charge in [0.1, 0.15) is 0 Å². The van der Waals surface area contributed by atoms with Crippen LogP contribution in [-0.4, -0.2) is 15.3 Å². The van der Waals surface area contributed by atoms with E-state index >= 15 is 0 Å². The highest BCUT2D eigenvalue weighted by atomic mass is 35.5. The molecule has 0 saturated heterocycles. The molecule has 0 radical (unpaired) electrons. The van der Waals surface area contributed by atoms with E-state index in [4.69, 9.17) is 11.6 Å². The number of nitrogens with zero attached hydrogens (tertiary/aromatic N) is 1. The van der Waals surface area contributed by atoms with Crippen molar-refractivity contribution in [2.24, 2.45) is 0 Å². The van der Waals surface area contributed by atoms with Gasteiger partial charge in [0, 0.05) is 22.3 Å². The summed E-state index contributed by atoms with van der Waals surface area (Å²) in [6.07, 6.45) is 4.96. The maximum atomic E-state index is 12.8. The second-order valence-electron chi connectivity index (χ2n) is 7.68. The SMILES string of the molecule is O=C(C=Cc1ccc(Cl)cc1)c1cccc(-n2c(-c3ccc4ccccc4c3)c[nH]c2=O)c1. The van der Waals surface area contributed by atoms with Crippen molar-refractivity contribution in [1.82, 2.24) is 9.55 Å². The molecule has 0 bridgehead atoms. The average molecular weight is 451 g/mol. The number of hydrogen-bond donors (Lipinski definition) is 1. The largest absolute Gasteiger partial charge is 0.330 e. The number of hydrogen-bond acceptors (Lipinski definition) is 2. The van der Waals surface area contributed by atoms with E-state index in [2.05, 4.69) is 17.1 Å². The molecule has 0 saturated carbocycles. The molecule has 1 N–H and O–H groups in total. The van der Waals surface area contributed by atoms with E-state index in [0.717, 1.165) is 27.6 Å². The van der Waals surface area contributed by atoms with Gasteiger partial charge in [-0.25, -0.2) is 4.79 Å². The summed E-state index contributed by atoms with van der Waals surface area (Å²) in [6.45, 7) is 0. The number of ketones is 1. The van der Waals surface area contributed by atoms with E-state index in [1.165, 1.54) is 6.08 Å². The van der Waals surface area contributed by atoms with Crippen LogP contribution in [0.4, 0.5) is 0 Å². The van der Waals surface area contributed by atoms with Gasteiger partial charge < -0.3 is 4.98 Å². The van der Waals surface area contributed by atoms with Crippen LogP contribution in [0.2, 0.25) is 5.02 Å². The molecule has 0 atom stereocenters. The molecule has 0 spiro atoms. The molecule has 0 unspecified atom stereocenters. The zero-order chi connectivity index (χ0) is 22.8. The summed E-state index contributed by atoms with van der Waals surface area (Å²) >= 11 is 5.91. The Morgan fingerprint density at radius 2 is 1.64 bits per heavy atom. The highest BCUT2D eigenvalue weighted by molar-refractivity contribution is 6.30. The molecule has 33 heavy (non-hydrogen) atoms. The Bertz CT molecular complexity index is 1560. The molecule has 5 heteroatoms. The predicted octanol–water partition coefficient (Wildman–Crippen LogP) is 6.54. The standard InChI is InChI=1S/C28H19ClN2O2/c29-24-13-8-19(9-14-24)10-15-27(32)23-6-3-7-25(17-23)31-26(18-30-28(31)33)22-12-11-20-4-1-2-5-21(20)16-22/h1-18H,(H,30,33). The number of carbonyl (C=O) groups excluding carboxylic acids is 1. The van der Waals surface area contributed by atoms with Crippen molar-refractivity contribution in [2.75, 3.05) is 0 Å². The minimum atomic E-state index is -0.264. The highest BCUT2D eigenvalue weighted by Crippen LogP contribution is 2.25. The van der Waals surface area contributed by atoms with E-state index in [-0.39, 0.29) is 11.5 Å². The topological polar surface area (TPSA) is 54.9 Å². The third kappa shape index (κ3) is 4.29. The molecule has 4 aromatic carbocycles. The Morgan fingerprint density at radius 1 is 0.848 bits per heavy atom. The van der Waals surface area contributed by atoms with Gasteiger partial charge in [-0.05, 0) is 52.7 Å². The summed E-state index contributed by atoms with van der Waals surface area (Å²) in [5, 5.41) is 2.86. The first kappa shape index (κ1) is 20.7. The van der Waals surface area contributed by atoms with Gasteiger partial charge >= 0.3 is 5.69 Å². The van der Waals surface area contributed by atoms with E-state index in [1.54, 1.807) is 47.2 Å². The van der Waals surface area contributed by atoms with Crippen LogP contribution in [-0.2, 0) is 0 Å². The van der Waals surface area contributed by atoms with Crippen LogP contribution in [0.25, 0.3) is 33.8 Å². The third-order valence-corrected chi connectivity index (χ3v) is 5.76. The molecule has 1 aromatic heterocycles. The molecule has 4 nitrogen and oxygen atoms in total. The summed E-state index contributed by atoms with van der Waals surface area (Å²) in [5.74, 6) is -0.150. The molecular formula is C28H19ClN2O2. The van der Waals surface area contributed by atoms with Crippen molar-refractivity contribution >= 4 is 34.2 Å². The Kier molecular flexibility index (Phi) is 5.51. The second-order valence-corrected chi connectivity index (χ2v) is 8.11. The fraction of sp³-hybridized carbons (Fsp3) is 0. The Hall–Kier alpha value is -4.15. The second kappa shape index (κ2) is 8.77. The predicted molar refractivity (Wildman–Crippen MR) is 134 cm³/mol. The van der Waals surface area contributed by atoms with Gasteiger partial charge in [-0.2, -0.15) is 0 Å². The van der Waals surface area contributed by atoms with Crippen molar-refractivity contribution in [2.45, 2.75) is 0 Å². The Balaban J connectivity index is 1.50. The van der Waals surface area contributed by atoms with Gasteiger partial charge in [-0.1, -0.05) is 78.3 Å². The van der Waals surface area contributed by atoms with E-state index in [0.29, 0.717) is 16.3 Å². The quantitative estimate of drug-likeness (QED) is 0.244. The minimum absolute atomic E-state index is 0.150. The number of fused-ring (bicyclic) bond motifs is 1. The number of allylic oxidation sites excluding steroid dienone is 1. The first-order valence-electron chi connectivity index (χ1n) is 10.5. The zero-order valence-electron chi connectivity index (χ0n) is 17.5. The van der Waals surface area contributed by atoms with Crippen molar-refractivity contribution in [1.29, 1.82) is 0 Å². The number of halogens is 1. The molecule has 0 fully saturated rings. The number of H-pyrrole nitrogens is 1. The first-order chi connectivity index (χ1) is 16.1. The van der Waals surface area contributed by atoms with E-state index in [9.17, 15) is 9.59 Å². The molecule has 5 rings (SSSR count). The maximum absolute atomic E-state index is 12.8. The van der Waals surface area contributed by atoms with E-state index < -0.39 is 0 Å². The van der Waals surface area contributed by atoms with Crippen LogP contribution in [0.3, 0.4) is 0 Å². The van der Waals surface area contributed by atoms with Gasteiger partial charge in [0.25, 0.3) is 0 Å². The van der Waals surface area contributed by atoms with Crippen molar-refractivity contribution in [3.05, 3.63) is 130 Å². The maximum Gasteiger partial charge on any atom is 0.330 e. The van der Waals surface area contributed by atoms with Gasteiger partial charge in [-0.15, -0.1) is 0 Å². The van der Waals surface area contributed by atoms with Crippen LogP contribution >= 0.6 is 11.6 Å². The third-order valence-electron chi connectivity index (χ3n) is 5.51. The molecular weight excluding hydrogens is 432 g/mol. The Labute approximate surface area is 195 Å². The van der Waals surface area contributed by atoms with Crippen LogP contribution in [0.5, 0.6) is 0 Å². The molecule has 0 aliphatic rings. The number of aromatic nitrogens is 2. The molecule has 5 aromatic rings. The normalized spacial score (nSPS) is 11.3. The summed E-state index contributed by atoms with van der Waals surface area (Å²) in [5.41, 5.74) is 3.37. The molecule has 160 valence electrons. The Morgan fingerprint density at radius 3 is 2.45 bits per heavy atom. The number of rotatable bonds is 5. The van der Waals surface area contributed by atoms with Gasteiger partial charge in [0.2, 0.25) is 0 Å². The van der Waals surface area contributed by atoms with Gasteiger partial charge in [-0.3, -0.25) is 9.36 Å². The zero-order valence-corrected chi connectivity index (χ0v) is 18.3. The van der Waals surface area contributed by atoms with Crippen molar-refractivity contribution < 1.29 is 4.79 Å². The number of imidazole rings is 1. The number of benzene rings is 4. The molecule has 0 aliphatic carbocycles. The fourth-order valence-electron chi connectivity index (χ4n) is 3.83. The summed E-state index contributed by atoms with van der Waals surface area (Å²) in [6, 6.07) is 28.5. The van der Waals surface area contributed by atoms with Crippen LogP contribution in [0.1, 0.15) is 15.9 Å². The molecule has 0 amide bonds. The lowest BCUT2D eigenvalue weighted by molar-refractivity contribution is 0.104. The smallest absolute Gasteiger partial charge is 0.312 e. The van der Waals surface area contributed by atoms with E-state index in [1.807, 2.05) is 48.5 Å². The summed E-state index contributed by atoms with van der Waals surface area (Å²) in [4.78, 5) is 28.3. The molecule has 0 aliphatic heterocycles. The summed E-state index contributed by atoms with van der Waals surface area (Å²) < 4.78 is 1.59. The molecule has 1 heterocycles. The number of nitrogens with one attached hydrogen (secondary N) is 1. The lowest BCUT2D eigenvalue weighted by Crippen LogP contribution is -2.16. The monoisotopic (exact) mass is 450 g/mol. The first-order valence-corrected chi connectivity index (χ1v) is 10.8. The lowest BCUT2D eigenvalue weighted by atomic mass is 10.0.